The van der Waals surface area contributed by atoms with Crippen molar-refractivity contribution in [3.8, 4) is 11.1 Å². The van der Waals surface area contributed by atoms with E-state index in [-0.39, 0.29) is 23.2 Å². The molecular formula is C31H23F8N5O3. The van der Waals surface area contributed by atoms with Crippen molar-refractivity contribution < 1.29 is 49.5 Å². The Morgan fingerprint density at radius 1 is 1.04 bits per heavy atom. The molecule has 8 nitrogen and oxygen atoms in total. The van der Waals surface area contributed by atoms with Crippen LogP contribution in [0.4, 0.5) is 35.1 Å². The topological polar surface area (TPSA) is 120 Å². The molecule has 246 valence electrons. The number of benzene rings is 2. The molecule has 0 aliphatic heterocycles. The summed E-state index contributed by atoms with van der Waals surface area (Å²) in [6.45, 7) is -1.45. The summed E-state index contributed by atoms with van der Waals surface area (Å²) in [6.07, 6.45) is -6.96. The first-order valence-electron chi connectivity index (χ1n) is 13.8. The maximum Gasteiger partial charge on any atom is 0.394 e. The second kappa shape index (κ2) is 12.7. The summed E-state index contributed by atoms with van der Waals surface area (Å²) in [5, 5.41) is 6.41. The Morgan fingerprint density at radius 3 is 2.40 bits per heavy atom. The zero-order valence-electron chi connectivity index (χ0n) is 24.0. The van der Waals surface area contributed by atoms with Gasteiger partial charge in [0.15, 0.2) is 11.6 Å². The smallest absolute Gasteiger partial charge is 0.366 e. The van der Waals surface area contributed by atoms with Crippen molar-refractivity contribution in [2.75, 3.05) is 6.54 Å². The van der Waals surface area contributed by atoms with Crippen molar-refractivity contribution in [1.82, 2.24) is 20.1 Å². The van der Waals surface area contributed by atoms with Gasteiger partial charge in [-0.15, -0.1) is 0 Å². The SMILES string of the molecule is NC(=O)c1cc(-c2cccnc2[C@H](Cc2cc(F)cc(F)c2)NCC(=O)Cn2nc(CC(F)(F)F)c3c2C(=O)CC3(F)F)ccc1F. The van der Waals surface area contributed by atoms with Crippen LogP contribution >= 0.6 is 0 Å². The molecule has 0 spiro atoms. The Balaban J connectivity index is 1.47. The van der Waals surface area contributed by atoms with Crippen LogP contribution in [-0.2, 0) is 30.1 Å². The molecule has 1 atom stereocenters. The minimum Gasteiger partial charge on any atom is -0.366 e. The van der Waals surface area contributed by atoms with Crippen LogP contribution in [0.25, 0.3) is 11.1 Å². The predicted octanol–water partition coefficient (Wildman–Crippen LogP) is 5.39. The van der Waals surface area contributed by atoms with E-state index < -0.39 is 102 Å². The fourth-order valence-electron chi connectivity index (χ4n) is 5.49. The second-order valence-corrected chi connectivity index (χ2v) is 10.9. The molecule has 0 unspecified atom stereocenters. The molecule has 5 rings (SSSR count). The van der Waals surface area contributed by atoms with E-state index in [1.54, 1.807) is 6.07 Å². The van der Waals surface area contributed by atoms with Crippen molar-refractivity contribution in [1.29, 1.82) is 0 Å². The van der Waals surface area contributed by atoms with Crippen LogP contribution in [-0.4, -0.2) is 45.0 Å². The zero-order chi connectivity index (χ0) is 34.3. The van der Waals surface area contributed by atoms with Gasteiger partial charge in [-0.3, -0.25) is 24.0 Å². The number of hydrogen-bond donors (Lipinski definition) is 2. The Bertz CT molecular complexity index is 1870. The number of nitrogens with zero attached hydrogens (tertiary/aromatic N) is 3. The highest BCUT2D eigenvalue weighted by atomic mass is 19.4. The third-order valence-corrected chi connectivity index (χ3v) is 7.35. The molecule has 1 amide bonds. The van der Waals surface area contributed by atoms with E-state index in [1.165, 1.54) is 24.4 Å². The van der Waals surface area contributed by atoms with Crippen molar-refractivity contribution >= 4 is 17.5 Å². The van der Waals surface area contributed by atoms with E-state index in [1.807, 2.05) is 0 Å². The first-order chi connectivity index (χ1) is 22.0. The average molecular weight is 666 g/mol. The molecule has 4 aromatic rings. The molecule has 0 bridgehead atoms. The Hall–Kier alpha value is -4.99. The highest BCUT2D eigenvalue weighted by Gasteiger charge is 2.51. The van der Waals surface area contributed by atoms with Gasteiger partial charge < -0.3 is 11.1 Å². The van der Waals surface area contributed by atoms with Crippen molar-refractivity contribution in [3.63, 3.8) is 0 Å². The van der Waals surface area contributed by atoms with Crippen molar-refractivity contribution in [2.45, 2.75) is 43.9 Å². The molecule has 0 fully saturated rings. The summed E-state index contributed by atoms with van der Waals surface area (Å²) in [5.41, 5.74) is 2.71. The molecule has 16 heteroatoms. The molecule has 2 aromatic carbocycles. The van der Waals surface area contributed by atoms with Crippen LogP contribution in [0.1, 0.15) is 55.8 Å². The van der Waals surface area contributed by atoms with E-state index in [9.17, 15) is 49.5 Å². The molecule has 1 aliphatic rings. The first-order valence-corrected chi connectivity index (χ1v) is 13.8. The number of nitrogens with one attached hydrogen (secondary N) is 1. The van der Waals surface area contributed by atoms with Gasteiger partial charge in [-0.1, -0.05) is 12.1 Å². The van der Waals surface area contributed by atoms with E-state index in [4.69, 9.17) is 5.73 Å². The highest BCUT2D eigenvalue weighted by molar-refractivity contribution is 6.01. The molecule has 0 radical (unpaired) electrons. The lowest BCUT2D eigenvalue weighted by molar-refractivity contribution is -0.128. The molecule has 47 heavy (non-hydrogen) atoms. The molecule has 2 aromatic heterocycles. The number of carbonyl (C=O) groups is 3. The number of rotatable bonds is 11. The third-order valence-electron chi connectivity index (χ3n) is 7.35. The number of aromatic nitrogens is 3. The molecule has 0 saturated heterocycles. The van der Waals surface area contributed by atoms with Crippen molar-refractivity contribution in [2.24, 2.45) is 5.73 Å². The summed E-state index contributed by atoms with van der Waals surface area (Å²) < 4.78 is 111. The molecule has 3 N–H and O–H groups in total. The van der Waals surface area contributed by atoms with Gasteiger partial charge >= 0.3 is 6.18 Å². The monoisotopic (exact) mass is 665 g/mol. The third kappa shape index (κ3) is 7.37. The van der Waals surface area contributed by atoms with Gasteiger partial charge in [0.1, 0.15) is 29.7 Å². The Kier molecular flexibility index (Phi) is 8.99. The lowest BCUT2D eigenvalue weighted by Gasteiger charge is -2.21. The fourth-order valence-corrected chi connectivity index (χ4v) is 5.49. The van der Waals surface area contributed by atoms with E-state index in [0.29, 0.717) is 16.3 Å². The highest BCUT2D eigenvalue weighted by Crippen LogP contribution is 2.44. The van der Waals surface area contributed by atoms with Gasteiger partial charge in [-0.25, -0.2) is 22.0 Å². The number of fused-ring (bicyclic) bond motifs is 1. The van der Waals surface area contributed by atoms with Gasteiger partial charge in [-0.05, 0) is 47.9 Å². The van der Waals surface area contributed by atoms with Gasteiger partial charge in [0.25, 0.3) is 11.8 Å². The summed E-state index contributed by atoms with van der Waals surface area (Å²) in [6, 6.07) is 8.25. The summed E-state index contributed by atoms with van der Waals surface area (Å²) in [5.74, 6) is -9.61. The van der Waals surface area contributed by atoms with Crippen LogP contribution in [0.5, 0.6) is 0 Å². The maximum atomic E-state index is 14.5. The number of halogens is 8. The van der Waals surface area contributed by atoms with Crippen LogP contribution < -0.4 is 11.1 Å². The van der Waals surface area contributed by atoms with Gasteiger partial charge in [0.05, 0.1) is 47.9 Å². The Labute approximate surface area is 260 Å². The number of pyridine rings is 1. The molecule has 1 aliphatic carbocycles. The maximum absolute atomic E-state index is 14.5. The number of amides is 1. The standard InChI is InChI=1S/C31H23F8N5O3/c32-17-6-15(7-18(33)10-17)8-23(27-20(2-1-5-41-27)16-3-4-22(34)21(9-16)29(40)47)42-13-19(45)14-44-28-25(46)12-30(35,36)26(28)24(43-44)11-31(37,38)39/h1-7,9-10,23,42H,8,11-14H2,(H2,40,47)/t23-/m0/s1. The number of carbonyl (C=O) groups excluding carboxylic acids is 3. The van der Waals surface area contributed by atoms with E-state index in [2.05, 4.69) is 15.4 Å². The van der Waals surface area contributed by atoms with Crippen molar-refractivity contribution in [3.05, 3.63) is 106 Å². The van der Waals surface area contributed by atoms with Crippen LogP contribution in [0.3, 0.4) is 0 Å². The zero-order valence-corrected chi connectivity index (χ0v) is 24.0. The van der Waals surface area contributed by atoms with Gasteiger partial charge in [0.2, 0.25) is 0 Å². The Morgan fingerprint density at radius 2 is 1.74 bits per heavy atom. The summed E-state index contributed by atoms with van der Waals surface area (Å²) in [4.78, 5) is 41.6. The van der Waals surface area contributed by atoms with Crippen LogP contribution in [0.2, 0.25) is 0 Å². The van der Waals surface area contributed by atoms with Gasteiger partial charge in [-0.2, -0.15) is 18.3 Å². The van der Waals surface area contributed by atoms with Gasteiger partial charge in [0, 0.05) is 17.8 Å². The lowest BCUT2D eigenvalue weighted by Crippen LogP contribution is -2.32. The quantitative estimate of drug-likeness (QED) is 0.208. The first kappa shape index (κ1) is 33.4. The number of primary amides is 1. The molecule has 0 saturated carbocycles. The summed E-state index contributed by atoms with van der Waals surface area (Å²) in [7, 11) is 0. The summed E-state index contributed by atoms with van der Waals surface area (Å²) >= 11 is 0. The average Bonchev–Trinajstić information content (AvgIpc) is 3.43. The molecule has 2 heterocycles. The lowest BCUT2D eigenvalue weighted by atomic mass is 9.94. The van der Waals surface area contributed by atoms with E-state index in [0.717, 1.165) is 18.2 Å². The normalized spacial score (nSPS) is 14.7. The largest absolute Gasteiger partial charge is 0.394 e. The minimum atomic E-state index is -4.92. The minimum absolute atomic E-state index is 0.121. The van der Waals surface area contributed by atoms with Crippen LogP contribution in [0, 0.1) is 17.5 Å². The predicted molar refractivity (Wildman–Crippen MR) is 149 cm³/mol. The molecular weight excluding hydrogens is 642 g/mol. The van der Waals surface area contributed by atoms with Crippen LogP contribution in [0.15, 0.2) is 54.7 Å². The number of Topliss-reactive ketones (excluding diaryl/α,β-unsaturated/α-hetero) is 2. The number of nitrogens with two attached hydrogens (primary N) is 1. The fraction of sp³-hybridized carbons (Fsp3) is 0.258. The number of hydrogen-bond acceptors (Lipinski definition) is 6. The number of alkyl halides is 5. The number of ketones is 2. The second-order valence-electron chi connectivity index (χ2n) is 10.9. The van der Waals surface area contributed by atoms with E-state index >= 15 is 0 Å².